The van der Waals surface area contributed by atoms with Crippen molar-refractivity contribution >= 4 is 6.29 Å². The van der Waals surface area contributed by atoms with Gasteiger partial charge in [0.25, 0.3) is 0 Å². The Morgan fingerprint density at radius 2 is 2.15 bits per heavy atom. The highest BCUT2D eigenvalue weighted by molar-refractivity contribution is 5.60. The maximum atomic E-state index is 11.7. The quantitative estimate of drug-likeness (QED) is 0.785. The molecule has 2 heteroatoms. The molecule has 2 unspecified atom stereocenters. The van der Waals surface area contributed by atoms with Crippen LogP contribution < -0.4 is 0 Å². The van der Waals surface area contributed by atoms with Crippen LogP contribution in [-0.4, -0.2) is 24.3 Å². The zero-order chi connectivity index (χ0) is 14.0. The standard InChI is InChI=1S/C18H25NO/c1-15-5-4-9-18(11-15,14-20)13-19-10-8-16-6-2-3-7-17(16)12-19/h2-3,6-7,14-15H,4-5,8-13H2,1H3. The van der Waals surface area contributed by atoms with Crippen LogP contribution in [0.2, 0.25) is 0 Å². The molecule has 3 rings (SSSR count). The predicted octanol–water partition coefficient (Wildman–Crippen LogP) is 3.44. The number of carbonyl (C=O) groups is 1. The average molecular weight is 271 g/mol. The summed E-state index contributed by atoms with van der Waals surface area (Å²) in [5, 5.41) is 0. The summed E-state index contributed by atoms with van der Waals surface area (Å²) >= 11 is 0. The van der Waals surface area contributed by atoms with Crippen molar-refractivity contribution in [3.8, 4) is 0 Å². The summed E-state index contributed by atoms with van der Waals surface area (Å²) < 4.78 is 0. The van der Waals surface area contributed by atoms with Crippen LogP contribution in [0.1, 0.15) is 43.7 Å². The molecule has 20 heavy (non-hydrogen) atoms. The average Bonchev–Trinajstić information content (AvgIpc) is 2.47. The Kier molecular flexibility index (Phi) is 3.93. The van der Waals surface area contributed by atoms with Crippen molar-refractivity contribution in [3.63, 3.8) is 0 Å². The molecule has 2 nitrogen and oxygen atoms in total. The molecule has 1 aliphatic carbocycles. The van der Waals surface area contributed by atoms with Crippen LogP contribution in [0.3, 0.4) is 0 Å². The van der Waals surface area contributed by atoms with Crippen LogP contribution in [0.4, 0.5) is 0 Å². The number of rotatable bonds is 3. The summed E-state index contributed by atoms with van der Waals surface area (Å²) in [4.78, 5) is 14.2. The molecule has 1 aliphatic heterocycles. The van der Waals surface area contributed by atoms with Crippen molar-refractivity contribution in [2.24, 2.45) is 11.3 Å². The highest BCUT2D eigenvalue weighted by Crippen LogP contribution is 2.39. The molecule has 0 aromatic heterocycles. The van der Waals surface area contributed by atoms with Crippen LogP contribution in [0.25, 0.3) is 0 Å². The van der Waals surface area contributed by atoms with E-state index in [-0.39, 0.29) is 5.41 Å². The van der Waals surface area contributed by atoms with Gasteiger partial charge in [0, 0.05) is 25.0 Å². The van der Waals surface area contributed by atoms with Gasteiger partial charge in [0.1, 0.15) is 6.29 Å². The zero-order valence-electron chi connectivity index (χ0n) is 12.5. The molecule has 108 valence electrons. The van der Waals surface area contributed by atoms with Crippen LogP contribution in [0.5, 0.6) is 0 Å². The van der Waals surface area contributed by atoms with Gasteiger partial charge in [0.2, 0.25) is 0 Å². The van der Waals surface area contributed by atoms with Gasteiger partial charge in [-0.05, 0) is 36.3 Å². The fraction of sp³-hybridized carbons (Fsp3) is 0.611. The third-order valence-corrected chi connectivity index (χ3v) is 5.12. The third kappa shape index (κ3) is 2.80. The van der Waals surface area contributed by atoms with Gasteiger partial charge in [-0.2, -0.15) is 0 Å². The van der Waals surface area contributed by atoms with Crippen LogP contribution >= 0.6 is 0 Å². The Labute approximate surface area is 122 Å². The highest BCUT2D eigenvalue weighted by atomic mass is 16.1. The molecule has 2 aliphatic rings. The molecule has 0 N–H and O–H groups in total. The second-order valence-electron chi connectivity index (χ2n) is 6.91. The van der Waals surface area contributed by atoms with E-state index in [2.05, 4.69) is 36.1 Å². The van der Waals surface area contributed by atoms with Crippen molar-refractivity contribution in [1.82, 2.24) is 4.90 Å². The van der Waals surface area contributed by atoms with Crippen LogP contribution in [0, 0.1) is 11.3 Å². The van der Waals surface area contributed by atoms with Crippen LogP contribution in [-0.2, 0) is 17.8 Å². The lowest BCUT2D eigenvalue weighted by atomic mass is 9.70. The molecule has 1 aromatic carbocycles. The van der Waals surface area contributed by atoms with Crippen molar-refractivity contribution in [1.29, 1.82) is 0 Å². The molecule has 0 bridgehead atoms. The Balaban J connectivity index is 1.70. The number of nitrogens with zero attached hydrogens (tertiary/aromatic N) is 1. The molecule has 2 atom stereocenters. The lowest BCUT2D eigenvalue weighted by Gasteiger charge is -2.40. The molecule has 1 saturated carbocycles. The van der Waals surface area contributed by atoms with Crippen molar-refractivity contribution < 1.29 is 4.79 Å². The van der Waals surface area contributed by atoms with Gasteiger partial charge in [0.05, 0.1) is 0 Å². The Bertz CT molecular complexity index is 484. The number of hydrogen-bond acceptors (Lipinski definition) is 2. The zero-order valence-corrected chi connectivity index (χ0v) is 12.5. The minimum atomic E-state index is -0.0794. The lowest BCUT2D eigenvalue weighted by molar-refractivity contribution is -0.120. The van der Waals surface area contributed by atoms with E-state index in [0.29, 0.717) is 5.92 Å². The number of benzene rings is 1. The molecule has 0 radical (unpaired) electrons. The Hall–Kier alpha value is -1.15. The second kappa shape index (κ2) is 5.69. The third-order valence-electron chi connectivity index (χ3n) is 5.12. The summed E-state index contributed by atoms with van der Waals surface area (Å²) in [6, 6.07) is 8.73. The minimum Gasteiger partial charge on any atom is -0.303 e. The number of fused-ring (bicyclic) bond motifs is 1. The van der Waals surface area contributed by atoms with E-state index in [9.17, 15) is 4.79 Å². The molecular weight excluding hydrogens is 246 g/mol. The van der Waals surface area contributed by atoms with E-state index < -0.39 is 0 Å². The molecule has 0 saturated heterocycles. The first-order valence-electron chi connectivity index (χ1n) is 7.96. The van der Waals surface area contributed by atoms with Crippen molar-refractivity contribution in [2.75, 3.05) is 13.1 Å². The number of hydrogen-bond donors (Lipinski definition) is 0. The molecule has 1 heterocycles. The first kappa shape index (κ1) is 13.8. The fourth-order valence-electron chi connectivity index (χ4n) is 4.12. The molecule has 0 amide bonds. The maximum Gasteiger partial charge on any atom is 0.127 e. The normalized spacial score (nSPS) is 30.8. The summed E-state index contributed by atoms with van der Waals surface area (Å²) in [6.45, 7) is 5.36. The Morgan fingerprint density at radius 3 is 2.90 bits per heavy atom. The second-order valence-corrected chi connectivity index (χ2v) is 6.91. The van der Waals surface area contributed by atoms with Gasteiger partial charge in [-0.15, -0.1) is 0 Å². The summed E-state index contributed by atoms with van der Waals surface area (Å²) in [6.07, 6.45) is 7.06. The van der Waals surface area contributed by atoms with E-state index in [1.54, 1.807) is 0 Å². The van der Waals surface area contributed by atoms with E-state index in [4.69, 9.17) is 0 Å². The van der Waals surface area contributed by atoms with Gasteiger partial charge in [-0.25, -0.2) is 0 Å². The van der Waals surface area contributed by atoms with E-state index in [1.807, 2.05) is 0 Å². The largest absolute Gasteiger partial charge is 0.303 e. The molecule has 1 fully saturated rings. The SMILES string of the molecule is CC1CCCC(C=O)(CN2CCc3ccccc3C2)C1. The molecular formula is C18H25NO. The van der Waals surface area contributed by atoms with E-state index >= 15 is 0 Å². The van der Waals surface area contributed by atoms with Gasteiger partial charge in [-0.1, -0.05) is 44.0 Å². The fourth-order valence-corrected chi connectivity index (χ4v) is 4.12. The van der Waals surface area contributed by atoms with E-state index in [0.717, 1.165) is 38.9 Å². The predicted molar refractivity (Wildman–Crippen MR) is 81.6 cm³/mol. The topological polar surface area (TPSA) is 20.3 Å². The first-order valence-corrected chi connectivity index (χ1v) is 7.96. The van der Waals surface area contributed by atoms with Gasteiger partial charge in [-0.3, -0.25) is 4.90 Å². The number of carbonyl (C=O) groups excluding carboxylic acids is 1. The highest BCUT2D eigenvalue weighted by Gasteiger charge is 2.36. The van der Waals surface area contributed by atoms with Gasteiger partial charge >= 0.3 is 0 Å². The summed E-state index contributed by atoms with van der Waals surface area (Å²) in [5.74, 6) is 0.700. The van der Waals surface area contributed by atoms with Crippen molar-refractivity contribution in [3.05, 3.63) is 35.4 Å². The lowest BCUT2D eigenvalue weighted by Crippen LogP contribution is -2.43. The van der Waals surface area contributed by atoms with Crippen molar-refractivity contribution in [2.45, 2.75) is 45.6 Å². The Morgan fingerprint density at radius 1 is 1.35 bits per heavy atom. The van der Waals surface area contributed by atoms with Crippen LogP contribution in [0.15, 0.2) is 24.3 Å². The molecule has 1 aromatic rings. The first-order chi connectivity index (χ1) is 9.71. The summed E-state index contributed by atoms with van der Waals surface area (Å²) in [7, 11) is 0. The van der Waals surface area contributed by atoms with Gasteiger partial charge < -0.3 is 4.79 Å². The van der Waals surface area contributed by atoms with Gasteiger partial charge in [0.15, 0.2) is 0 Å². The molecule has 0 spiro atoms. The smallest absolute Gasteiger partial charge is 0.127 e. The minimum absolute atomic E-state index is 0.0794. The van der Waals surface area contributed by atoms with E-state index in [1.165, 1.54) is 30.3 Å². The maximum absolute atomic E-state index is 11.7. The number of aldehydes is 1. The summed E-state index contributed by atoms with van der Waals surface area (Å²) in [5.41, 5.74) is 2.86. The monoisotopic (exact) mass is 271 g/mol.